The van der Waals surface area contributed by atoms with E-state index in [0.717, 1.165) is 25.8 Å². The maximum absolute atomic E-state index is 11.7. The van der Waals surface area contributed by atoms with Crippen LogP contribution < -0.4 is 11.1 Å². The molecule has 1 aliphatic carbocycles. The molecule has 0 aromatic rings. The van der Waals surface area contributed by atoms with Gasteiger partial charge < -0.3 is 11.1 Å². The van der Waals surface area contributed by atoms with E-state index in [2.05, 4.69) is 19.2 Å². The Morgan fingerprint density at radius 2 is 2.00 bits per heavy atom. The minimum absolute atomic E-state index is 0.0292. The molecule has 0 saturated heterocycles. The molecule has 0 aliphatic heterocycles. The summed E-state index contributed by atoms with van der Waals surface area (Å²) in [5, 5.41) is 3.04. The molecule has 0 aromatic heterocycles. The molecule has 94 valence electrons. The summed E-state index contributed by atoms with van der Waals surface area (Å²) in [5.74, 6) is 0.0292. The number of rotatable bonds is 6. The quantitative estimate of drug-likeness (QED) is 0.729. The molecule has 0 radical (unpaired) electrons. The third-order valence-electron chi connectivity index (χ3n) is 3.99. The summed E-state index contributed by atoms with van der Waals surface area (Å²) in [7, 11) is 0. The number of hydrogen-bond donors (Lipinski definition) is 2. The van der Waals surface area contributed by atoms with Crippen LogP contribution in [-0.2, 0) is 4.79 Å². The van der Waals surface area contributed by atoms with Crippen LogP contribution in [0.25, 0.3) is 0 Å². The maximum atomic E-state index is 11.7. The van der Waals surface area contributed by atoms with E-state index in [1.165, 1.54) is 25.7 Å². The highest BCUT2D eigenvalue weighted by Crippen LogP contribution is 2.40. The molecule has 0 spiro atoms. The third kappa shape index (κ3) is 3.48. The van der Waals surface area contributed by atoms with Gasteiger partial charge in [-0.25, -0.2) is 0 Å². The lowest BCUT2D eigenvalue weighted by Crippen LogP contribution is -2.44. The second-order valence-corrected chi connectivity index (χ2v) is 5.17. The summed E-state index contributed by atoms with van der Waals surface area (Å²) in [6.07, 6.45) is 8.05. The van der Waals surface area contributed by atoms with Gasteiger partial charge in [-0.1, -0.05) is 33.1 Å². The van der Waals surface area contributed by atoms with Crippen molar-refractivity contribution < 1.29 is 4.79 Å². The lowest BCUT2D eigenvalue weighted by atomic mass is 9.83. The van der Waals surface area contributed by atoms with Gasteiger partial charge in [-0.3, -0.25) is 4.79 Å². The molecular weight excluding hydrogens is 200 g/mol. The predicted octanol–water partition coefficient (Wildman–Crippen LogP) is 2.20. The van der Waals surface area contributed by atoms with Crippen LogP contribution >= 0.6 is 0 Å². The first-order valence-corrected chi connectivity index (χ1v) is 6.67. The Hall–Kier alpha value is -0.570. The van der Waals surface area contributed by atoms with Crippen LogP contribution in [0, 0.1) is 5.41 Å². The smallest absolute Gasteiger partial charge is 0.236 e. The normalized spacial score (nSPS) is 20.7. The molecular formula is C13H26N2O. The molecule has 3 nitrogen and oxygen atoms in total. The molecule has 0 bridgehead atoms. The van der Waals surface area contributed by atoms with E-state index < -0.39 is 0 Å². The minimum atomic E-state index is -0.319. The zero-order chi connectivity index (χ0) is 12.0. The zero-order valence-corrected chi connectivity index (χ0v) is 10.7. The molecule has 16 heavy (non-hydrogen) atoms. The fourth-order valence-electron chi connectivity index (χ4n) is 2.63. The molecule has 1 rings (SSSR count). The second kappa shape index (κ2) is 6.24. The number of carbonyl (C=O) groups is 1. The van der Waals surface area contributed by atoms with Crippen molar-refractivity contribution in [2.24, 2.45) is 11.1 Å². The Morgan fingerprint density at radius 3 is 2.50 bits per heavy atom. The van der Waals surface area contributed by atoms with Crippen LogP contribution in [0.1, 0.15) is 58.8 Å². The standard InChI is InChI=1S/C13H26N2O/c1-3-7-11(14)12(16)15-10-13(4-2)8-5-6-9-13/h11H,3-10,14H2,1-2H3,(H,15,16)/t11-/m1/s1. The van der Waals surface area contributed by atoms with Gasteiger partial charge in [0.05, 0.1) is 6.04 Å². The molecule has 0 aromatic carbocycles. The summed E-state index contributed by atoms with van der Waals surface area (Å²) in [6.45, 7) is 5.10. The van der Waals surface area contributed by atoms with E-state index in [9.17, 15) is 4.79 Å². The highest BCUT2D eigenvalue weighted by Gasteiger charge is 2.32. The van der Waals surface area contributed by atoms with Crippen LogP contribution in [0.4, 0.5) is 0 Å². The largest absolute Gasteiger partial charge is 0.354 e. The molecule has 0 heterocycles. The van der Waals surface area contributed by atoms with Crippen LogP contribution in [0.2, 0.25) is 0 Å². The molecule has 1 amide bonds. The van der Waals surface area contributed by atoms with E-state index in [1.807, 2.05) is 0 Å². The van der Waals surface area contributed by atoms with Crippen molar-refractivity contribution in [3.8, 4) is 0 Å². The van der Waals surface area contributed by atoms with E-state index in [4.69, 9.17) is 5.73 Å². The van der Waals surface area contributed by atoms with Gasteiger partial charge in [-0.05, 0) is 31.1 Å². The Bertz CT molecular complexity index is 222. The lowest BCUT2D eigenvalue weighted by Gasteiger charge is -2.28. The van der Waals surface area contributed by atoms with Gasteiger partial charge in [0.1, 0.15) is 0 Å². The van der Waals surface area contributed by atoms with Crippen molar-refractivity contribution >= 4 is 5.91 Å². The number of carbonyl (C=O) groups excluding carboxylic acids is 1. The van der Waals surface area contributed by atoms with Gasteiger partial charge in [0, 0.05) is 6.54 Å². The van der Waals surface area contributed by atoms with Gasteiger partial charge in [0.15, 0.2) is 0 Å². The van der Waals surface area contributed by atoms with Crippen molar-refractivity contribution in [2.75, 3.05) is 6.54 Å². The first-order chi connectivity index (χ1) is 7.63. The number of hydrogen-bond acceptors (Lipinski definition) is 2. The zero-order valence-electron chi connectivity index (χ0n) is 10.7. The Kier molecular flexibility index (Phi) is 5.26. The number of nitrogens with one attached hydrogen (secondary N) is 1. The molecule has 1 atom stereocenters. The van der Waals surface area contributed by atoms with Gasteiger partial charge >= 0.3 is 0 Å². The Morgan fingerprint density at radius 1 is 1.38 bits per heavy atom. The Labute approximate surface area is 99.2 Å². The average Bonchev–Trinajstić information content (AvgIpc) is 2.75. The van der Waals surface area contributed by atoms with Crippen molar-refractivity contribution in [1.29, 1.82) is 0 Å². The molecule has 1 saturated carbocycles. The Balaban J connectivity index is 2.35. The first-order valence-electron chi connectivity index (χ1n) is 6.67. The summed E-state index contributed by atoms with van der Waals surface area (Å²) in [4.78, 5) is 11.7. The van der Waals surface area contributed by atoms with Crippen molar-refractivity contribution in [1.82, 2.24) is 5.32 Å². The van der Waals surface area contributed by atoms with Crippen molar-refractivity contribution in [3.05, 3.63) is 0 Å². The molecule has 3 N–H and O–H groups in total. The van der Waals surface area contributed by atoms with E-state index in [0.29, 0.717) is 5.41 Å². The lowest BCUT2D eigenvalue weighted by molar-refractivity contribution is -0.123. The molecule has 3 heteroatoms. The van der Waals surface area contributed by atoms with E-state index in [-0.39, 0.29) is 11.9 Å². The first kappa shape index (κ1) is 13.5. The van der Waals surface area contributed by atoms with Gasteiger partial charge in [-0.15, -0.1) is 0 Å². The highest BCUT2D eigenvalue weighted by atomic mass is 16.2. The highest BCUT2D eigenvalue weighted by molar-refractivity contribution is 5.81. The van der Waals surface area contributed by atoms with Gasteiger partial charge in [0.25, 0.3) is 0 Å². The van der Waals surface area contributed by atoms with Crippen LogP contribution in [-0.4, -0.2) is 18.5 Å². The van der Waals surface area contributed by atoms with Gasteiger partial charge in [0.2, 0.25) is 5.91 Å². The number of amides is 1. The monoisotopic (exact) mass is 226 g/mol. The average molecular weight is 226 g/mol. The van der Waals surface area contributed by atoms with Crippen LogP contribution in [0.3, 0.4) is 0 Å². The van der Waals surface area contributed by atoms with Crippen molar-refractivity contribution in [2.45, 2.75) is 64.8 Å². The summed E-state index contributed by atoms with van der Waals surface area (Å²) < 4.78 is 0. The SMILES string of the molecule is CCC[C@@H](N)C(=O)NCC1(CC)CCCC1. The number of nitrogens with two attached hydrogens (primary N) is 1. The molecule has 0 unspecified atom stereocenters. The van der Waals surface area contributed by atoms with Crippen LogP contribution in [0.15, 0.2) is 0 Å². The molecule has 1 aliphatic rings. The molecule has 1 fully saturated rings. The fourth-order valence-corrected chi connectivity index (χ4v) is 2.63. The third-order valence-corrected chi connectivity index (χ3v) is 3.99. The fraction of sp³-hybridized carbons (Fsp3) is 0.923. The van der Waals surface area contributed by atoms with Gasteiger partial charge in [-0.2, -0.15) is 0 Å². The second-order valence-electron chi connectivity index (χ2n) is 5.17. The summed E-state index contributed by atoms with van der Waals surface area (Å²) in [6, 6.07) is -0.319. The minimum Gasteiger partial charge on any atom is -0.354 e. The topological polar surface area (TPSA) is 55.1 Å². The summed E-state index contributed by atoms with van der Waals surface area (Å²) in [5.41, 5.74) is 6.15. The summed E-state index contributed by atoms with van der Waals surface area (Å²) >= 11 is 0. The van der Waals surface area contributed by atoms with Crippen LogP contribution in [0.5, 0.6) is 0 Å². The van der Waals surface area contributed by atoms with E-state index in [1.54, 1.807) is 0 Å². The van der Waals surface area contributed by atoms with E-state index >= 15 is 0 Å². The van der Waals surface area contributed by atoms with Crippen molar-refractivity contribution in [3.63, 3.8) is 0 Å². The maximum Gasteiger partial charge on any atom is 0.236 e. The predicted molar refractivity (Wildman–Crippen MR) is 67.1 cm³/mol.